The van der Waals surface area contributed by atoms with Gasteiger partial charge in [0.2, 0.25) is 0 Å². The van der Waals surface area contributed by atoms with Crippen molar-refractivity contribution in [3.8, 4) is 0 Å². The summed E-state index contributed by atoms with van der Waals surface area (Å²) < 4.78 is 0. The molecule has 5 nitrogen and oxygen atoms in total. The van der Waals surface area contributed by atoms with E-state index in [0.29, 0.717) is 23.4 Å². The number of aromatic amines is 1. The number of Topliss-reactive ketones (excluding diaryl/α,β-unsaturated/α-hetero) is 1. The summed E-state index contributed by atoms with van der Waals surface area (Å²) in [5.41, 5.74) is 5.17. The number of carbonyl (C=O) groups is 2. The number of H-pyrrole nitrogens is 1. The zero-order valence-electron chi connectivity index (χ0n) is 17.5. The monoisotopic (exact) mass is 399 g/mol. The molecule has 152 valence electrons. The zero-order valence-corrected chi connectivity index (χ0v) is 17.5. The molecular formula is C25H25N3O2. The van der Waals surface area contributed by atoms with Gasteiger partial charge in [0.25, 0.3) is 5.91 Å². The van der Waals surface area contributed by atoms with Crippen molar-refractivity contribution in [2.45, 2.75) is 33.6 Å². The lowest BCUT2D eigenvalue weighted by Crippen LogP contribution is -2.26. The van der Waals surface area contributed by atoms with E-state index in [1.807, 2.05) is 61.5 Å². The van der Waals surface area contributed by atoms with Crippen LogP contribution in [0, 0.1) is 12.3 Å². The van der Waals surface area contributed by atoms with Crippen LogP contribution in [0.15, 0.2) is 48.7 Å². The topological polar surface area (TPSA) is 74.8 Å². The Bertz CT molecular complexity index is 1140. The molecule has 4 rings (SSSR count). The highest BCUT2D eigenvalue weighted by molar-refractivity contribution is 6.08. The molecule has 5 heteroatoms. The summed E-state index contributed by atoms with van der Waals surface area (Å²) in [6.07, 6.45) is 6.90. The molecule has 0 saturated carbocycles. The van der Waals surface area contributed by atoms with Gasteiger partial charge in [-0.25, -0.2) is 0 Å². The van der Waals surface area contributed by atoms with Crippen molar-refractivity contribution in [3.05, 3.63) is 82.4 Å². The Morgan fingerprint density at radius 3 is 2.73 bits per heavy atom. The second-order valence-electron chi connectivity index (χ2n) is 8.59. The maximum Gasteiger partial charge on any atom is 0.272 e. The Labute approximate surface area is 176 Å². The Morgan fingerprint density at radius 1 is 1.13 bits per heavy atom. The molecule has 0 aliphatic heterocycles. The number of carbonyl (C=O) groups excluding carboxylic acids is 2. The molecule has 2 aromatic heterocycles. The first-order valence-electron chi connectivity index (χ1n) is 10.1. The molecule has 0 radical (unpaired) electrons. The van der Waals surface area contributed by atoms with Gasteiger partial charge in [-0.3, -0.25) is 14.6 Å². The van der Waals surface area contributed by atoms with Gasteiger partial charge < -0.3 is 10.3 Å². The van der Waals surface area contributed by atoms with E-state index in [4.69, 9.17) is 0 Å². The van der Waals surface area contributed by atoms with Crippen LogP contribution in [-0.4, -0.2) is 21.7 Å². The van der Waals surface area contributed by atoms with Crippen molar-refractivity contribution in [2.75, 3.05) is 5.32 Å². The number of nitrogens with one attached hydrogen (secondary N) is 2. The molecule has 3 aromatic rings. The standard InChI is InChI=1S/C25H25N3O2/c1-16-22-20(14-25(2,3)15-21(22)29)28-23(16)24(30)27-19-9-6-7-17(13-19)10-11-18-8-4-5-12-26-18/h4-13,28H,14-15H2,1-3H3,(H,27,30)/b11-10+. The number of rotatable bonds is 4. The van der Waals surface area contributed by atoms with E-state index in [1.54, 1.807) is 6.20 Å². The van der Waals surface area contributed by atoms with Gasteiger partial charge in [0, 0.05) is 29.6 Å². The van der Waals surface area contributed by atoms with E-state index in [-0.39, 0.29) is 17.1 Å². The van der Waals surface area contributed by atoms with Gasteiger partial charge >= 0.3 is 0 Å². The van der Waals surface area contributed by atoms with Crippen LogP contribution in [0.4, 0.5) is 5.69 Å². The molecular weight excluding hydrogens is 374 g/mol. The minimum Gasteiger partial charge on any atom is -0.354 e. The van der Waals surface area contributed by atoms with Crippen LogP contribution in [0.5, 0.6) is 0 Å². The molecule has 1 aliphatic carbocycles. The SMILES string of the molecule is Cc1c(C(=O)Nc2cccc(/C=C/c3ccccn3)c2)[nH]c2c1C(=O)CC(C)(C)C2. The minimum atomic E-state index is -0.238. The maximum absolute atomic E-state index is 12.9. The van der Waals surface area contributed by atoms with Crippen LogP contribution >= 0.6 is 0 Å². The van der Waals surface area contributed by atoms with Gasteiger partial charge in [-0.15, -0.1) is 0 Å². The van der Waals surface area contributed by atoms with Gasteiger partial charge in [-0.05, 0) is 60.2 Å². The number of fused-ring (bicyclic) bond motifs is 1. The number of nitrogens with zero attached hydrogens (tertiary/aromatic N) is 1. The van der Waals surface area contributed by atoms with Gasteiger partial charge in [-0.2, -0.15) is 0 Å². The van der Waals surface area contributed by atoms with Crippen LogP contribution in [0.3, 0.4) is 0 Å². The molecule has 30 heavy (non-hydrogen) atoms. The summed E-state index contributed by atoms with van der Waals surface area (Å²) in [6, 6.07) is 13.4. The summed E-state index contributed by atoms with van der Waals surface area (Å²) in [4.78, 5) is 33.0. The van der Waals surface area contributed by atoms with Crippen molar-refractivity contribution in [1.82, 2.24) is 9.97 Å². The third-order valence-corrected chi connectivity index (χ3v) is 5.41. The van der Waals surface area contributed by atoms with E-state index in [9.17, 15) is 9.59 Å². The lowest BCUT2D eigenvalue weighted by molar-refractivity contribution is 0.0910. The summed E-state index contributed by atoms with van der Waals surface area (Å²) in [5.74, 6) is -0.130. The van der Waals surface area contributed by atoms with Crippen molar-refractivity contribution < 1.29 is 9.59 Å². The van der Waals surface area contributed by atoms with E-state index < -0.39 is 0 Å². The maximum atomic E-state index is 12.9. The number of hydrogen-bond acceptors (Lipinski definition) is 3. The van der Waals surface area contributed by atoms with Gasteiger partial charge in [-0.1, -0.05) is 38.1 Å². The molecule has 0 atom stereocenters. The molecule has 1 aliphatic rings. The molecule has 2 heterocycles. The van der Waals surface area contributed by atoms with Crippen LogP contribution in [0.2, 0.25) is 0 Å². The quantitative estimate of drug-likeness (QED) is 0.625. The second-order valence-corrected chi connectivity index (χ2v) is 8.59. The molecule has 0 unspecified atom stereocenters. The zero-order chi connectivity index (χ0) is 21.3. The summed E-state index contributed by atoms with van der Waals surface area (Å²) in [5, 5.41) is 2.95. The second kappa shape index (κ2) is 7.75. The Balaban J connectivity index is 1.54. The van der Waals surface area contributed by atoms with E-state index >= 15 is 0 Å². The molecule has 0 fully saturated rings. The Morgan fingerprint density at radius 2 is 1.97 bits per heavy atom. The number of aromatic nitrogens is 2. The fourth-order valence-electron chi connectivity index (χ4n) is 4.03. The lowest BCUT2D eigenvalue weighted by atomic mass is 9.75. The minimum absolute atomic E-state index is 0.0938. The largest absolute Gasteiger partial charge is 0.354 e. The number of ketones is 1. The average molecular weight is 399 g/mol. The van der Waals surface area contributed by atoms with Crippen molar-refractivity contribution >= 4 is 29.5 Å². The first kappa shape index (κ1) is 19.8. The number of benzene rings is 1. The summed E-state index contributed by atoms with van der Waals surface area (Å²) in [7, 11) is 0. The number of amides is 1. The normalized spacial score (nSPS) is 15.2. The van der Waals surface area contributed by atoms with Crippen molar-refractivity contribution in [2.24, 2.45) is 5.41 Å². The molecule has 1 aromatic carbocycles. The highest BCUT2D eigenvalue weighted by Crippen LogP contribution is 2.36. The predicted octanol–water partition coefficient (Wildman–Crippen LogP) is 5.30. The number of pyridine rings is 1. The van der Waals surface area contributed by atoms with E-state index in [0.717, 1.165) is 28.9 Å². The fraction of sp³-hybridized carbons (Fsp3) is 0.240. The van der Waals surface area contributed by atoms with Crippen LogP contribution < -0.4 is 5.32 Å². The molecule has 0 spiro atoms. The number of anilines is 1. The molecule has 0 bridgehead atoms. The lowest BCUT2D eigenvalue weighted by Gasteiger charge is -2.28. The van der Waals surface area contributed by atoms with Crippen LogP contribution in [0.25, 0.3) is 12.2 Å². The first-order valence-corrected chi connectivity index (χ1v) is 10.1. The van der Waals surface area contributed by atoms with Crippen molar-refractivity contribution in [3.63, 3.8) is 0 Å². The Kier molecular flexibility index (Phi) is 5.12. The molecule has 0 saturated heterocycles. The molecule has 2 N–H and O–H groups in total. The van der Waals surface area contributed by atoms with Gasteiger partial charge in [0.15, 0.2) is 5.78 Å². The average Bonchev–Trinajstić information content (AvgIpc) is 3.03. The number of hydrogen-bond donors (Lipinski definition) is 2. The third-order valence-electron chi connectivity index (χ3n) is 5.41. The summed E-state index contributed by atoms with van der Waals surface area (Å²) >= 11 is 0. The fourth-order valence-corrected chi connectivity index (χ4v) is 4.03. The summed E-state index contributed by atoms with van der Waals surface area (Å²) in [6.45, 7) is 5.99. The van der Waals surface area contributed by atoms with Crippen molar-refractivity contribution in [1.29, 1.82) is 0 Å². The predicted molar refractivity (Wildman–Crippen MR) is 120 cm³/mol. The first-order chi connectivity index (χ1) is 14.3. The highest BCUT2D eigenvalue weighted by Gasteiger charge is 2.35. The van der Waals surface area contributed by atoms with Gasteiger partial charge in [0.1, 0.15) is 5.69 Å². The van der Waals surface area contributed by atoms with Gasteiger partial charge in [0.05, 0.1) is 5.69 Å². The molecule has 1 amide bonds. The Hall–Kier alpha value is -3.47. The van der Waals surface area contributed by atoms with Crippen LogP contribution in [-0.2, 0) is 6.42 Å². The van der Waals surface area contributed by atoms with E-state index in [1.165, 1.54) is 0 Å². The van der Waals surface area contributed by atoms with E-state index in [2.05, 4.69) is 29.1 Å². The highest BCUT2D eigenvalue weighted by atomic mass is 16.2. The third kappa shape index (κ3) is 4.10. The smallest absolute Gasteiger partial charge is 0.272 e. The van der Waals surface area contributed by atoms with Crippen LogP contribution in [0.1, 0.15) is 63.6 Å².